The molecule has 8 nitrogen and oxygen atoms in total. The molecule has 0 bridgehead atoms. The maximum Gasteiger partial charge on any atom is 0.251 e. The van der Waals surface area contributed by atoms with Crippen molar-refractivity contribution in [2.75, 3.05) is 0 Å². The molecule has 4 rings (SSSR count). The number of H-pyrrole nitrogens is 1. The maximum absolute atomic E-state index is 12.5. The molecule has 0 atom stereocenters. The van der Waals surface area contributed by atoms with Crippen molar-refractivity contribution in [2.24, 2.45) is 7.05 Å². The summed E-state index contributed by atoms with van der Waals surface area (Å²) >= 11 is 0. The van der Waals surface area contributed by atoms with E-state index in [1.54, 1.807) is 18.5 Å². The SMILES string of the molecule is Cn1c(CO)nnc1C1CC(NC(=O)c2cccc(-c3ncc[nH]3)c2)C1. The Hall–Kier alpha value is -3.00. The van der Waals surface area contributed by atoms with Gasteiger partial charge in [0.05, 0.1) is 0 Å². The molecular formula is C18H20N6O2. The van der Waals surface area contributed by atoms with E-state index in [1.807, 2.05) is 29.8 Å². The average molecular weight is 352 g/mol. The number of aliphatic hydroxyl groups excluding tert-OH is 1. The molecule has 8 heteroatoms. The van der Waals surface area contributed by atoms with Crippen LogP contribution in [0, 0.1) is 0 Å². The second-order valence-electron chi connectivity index (χ2n) is 6.55. The quantitative estimate of drug-likeness (QED) is 0.643. The molecule has 1 aliphatic carbocycles. The van der Waals surface area contributed by atoms with Gasteiger partial charge in [0.25, 0.3) is 5.91 Å². The highest BCUT2D eigenvalue weighted by molar-refractivity contribution is 5.95. The summed E-state index contributed by atoms with van der Waals surface area (Å²) < 4.78 is 1.83. The van der Waals surface area contributed by atoms with Gasteiger partial charge < -0.3 is 20.0 Å². The summed E-state index contributed by atoms with van der Waals surface area (Å²) in [6.07, 6.45) is 5.08. The van der Waals surface area contributed by atoms with Crippen molar-refractivity contribution in [3.8, 4) is 11.4 Å². The fourth-order valence-electron chi connectivity index (χ4n) is 3.31. The van der Waals surface area contributed by atoms with Crippen LogP contribution in [0.25, 0.3) is 11.4 Å². The highest BCUT2D eigenvalue weighted by Crippen LogP contribution is 2.36. The Morgan fingerprint density at radius 1 is 1.38 bits per heavy atom. The molecule has 3 aromatic rings. The lowest BCUT2D eigenvalue weighted by molar-refractivity contribution is 0.0907. The van der Waals surface area contributed by atoms with Crippen LogP contribution in [0.5, 0.6) is 0 Å². The van der Waals surface area contributed by atoms with Crippen molar-refractivity contribution in [2.45, 2.75) is 31.4 Å². The number of nitrogens with zero attached hydrogens (tertiary/aromatic N) is 4. The summed E-state index contributed by atoms with van der Waals surface area (Å²) in [6, 6.07) is 7.53. The lowest BCUT2D eigenvalue weighted by Crippen LogP contribution is -2.44. The number of carbonyl (C=O) groups is 1. The van der Waals surface area contributed by atoms with Gasteiger partial charge in [-0.2, -0.15) is 0 Å². The maximum atomic E-state index is 12.5. The minimum atomic E-state index is -0.123. The summed E-state index contributed by atoms with van der Waals surface area (Å²) in [7, 11) is 1.85. The molecule has 1 aromatic carbocycles. The van der Waals surface area contributed by atoms with E-state index < -0.39 is 0 Å². The normalized spacial score (nSPS) is 19.2. The first-order chi connectivity index (χ1) is 12.7. The summed E-state index contributed by atoms with van der Waals surface area (Å²) in [6.45, 7) is -0.123. The average Bonchev–Trinajstić information content (AvgIpc) is 3.28. The number of nitrogens with one attached hydrogen (secondary N) is 2. The number of imidazole rings is 1. The number of carbonyl (C=O) groups excluding carboxylic acids is 1. The molecule has 26 heavy (non-hydrogen) atoms. The first kappa shape index (κ1) is 16.5. The van der Waals surface area contributed by atoms with Crippen molar-refractivity contribution in [1.82, 2.24) is 30.0 Å². The van der Waals surface area contributed by atoms with E-state index in [9.17, 15) is 9.90 Å². The molecule has 0 saturated heterocycles. The fourth-order valence-corrected chi connectivity index (χ4v) is 3.31. The molecule has 0 unspecified atom stereocenters. The number of amides is 1. The van der Waals surface area contributed by atoms with Crippen LogP contribution in [0.2, 0.25) is 0 Å². The Kier molecular flexibility index (Phi) is 4.26. The van der Waals surface area contributed by atoms with Gasteiger partial charge >= 0.3 is 0 Å². The first-order valence-corrected chi connectivity index (χ1v) is 8.55. The van der Waals surface area contributed by atoms with Gasteiger partial charge in [0.15, 0.2) is 5.82 Å². The van der Waals surface area contributed by atoms with Gasteiger partial charge in [-0.3, -0.25) is 4.79 Å². The molecule has 1 fully saturated rings. The zero-order valence-corrected chi connectivity index (χ0v) is 14.4. The largest absolute Gasteiger partial charge is 0.388 e. The van der Waals surface area contributed by atoms with E-state index in [0.717, 1.165) is 30.1 Å². The summed E-state index contributed by atoms with van der Waals surface area (Å²) in [5.74, 6) is 2.33. The predicted molar refractivity (Wildman–Crippen MR) is 94.2 cm³/mol. The molecule has 0 radical (unpaired) electrons. The zero-order chi connectivity index (χ0) is 18.1. The fraction of sp³-hybridized carbons (Fsp3) is 0.333. The van der Waals surface area contributed by atoms with Crippen LogP contribution in [0.3, 0.4) is 0 Å². The van der Waals surface area contributed by atoms with E-state index in [2.05, 4.69) is 25.5 Å². The first-order valence-electron chi connectivity index (χ1n) is 8.55. The summed E-state index contributed by atoms with van der Waals surface area (Å²) in [4.78, 5) is 19.8. The van der Waals surface area contributed by atoms with Gasteiger partial charge in [-0.1, -0.05) is 12.1 Å². The van der Waals surface area contributed by atoms with E-state index in [1.165, 1.54) is 0 Å². The van der Waals surface area contributed by atoms with Gasteiger partial charge in [0.2, 0.25) is 0 Å². The van der Waals surface area contributed by atoms with Crippen LogP contribution in [0.1, 0.15) is 40.8 Å². The monoisotopic (exact) mass is 352 g/mol. The van der Waals surface area contributed by atoms with Gasteiger partial charge in [-0.25, -0.2) is 4.98 Å². The number of aromatic amines is 1. The predicted octanol–water partition coefficient (Wildman–Crippen LogP) is 1.37. The molecule has 1 amide bonds. The van der Waals surface area contributed by atoms with Gasteiger partial charge in [0.1, 0.15) is 18.3 Å². The van der Waals surface area contributed by atoms with Crippen LogP contribution >= 0.6 is 0 Å². The van der Waals surface area contributed by atoms with Crippen LogP contribution < -0.4 is 5.32 Å². The van der Waals surface area contributed by atoms with Crippen molar-refractivity contribution in [1.29, 1.82) is 0 Å². The van der Waals surface area contributed by atoms with E-state index in [-0.39, 0.29) is 24.5 Å². The zero-order valence-electron chi connectivity index (χ0n) is 14.4. The Bertz CT molecular complexity index is 912. The molecule has 2 heterocycles. The number of rotatable bonds is 5. The Balaban J connectivity index is 1.38. The van der Waals surface area contributed by atoms with E-state index in [0.29, 0.717) is 11.4 Å². The number of hydrogen-bond donors (Lipinski definition) is 3. The molecule has 134 valence electrons. The van der Waals surface area contributed by atoms with Crippen molar-refractivity contribution < 1.29 is 9.90 Å². The molecule has 2 aromatic heterocycles. The van der Waals surface area contributed by atoms with Gasteiger partial charge in [0, 0.05) is 42.5 Å². The lowest BCUT2D eigenvalue weighted by atomic mass is 9.79. The highest BCUT2D eigenvalue weighted by atomic mass is 16.3. The molecule has 3 N–H and O–H groups in total. The number of hydrogen-bond acceptors (Lipinski definition) is 5. The highest BCUT2D eigenvalue weighted by Gasteiger charge is 2.35. The summed E-state index contributed by atoms with van der Waals surface area (Å²) in [5, 5.41) is 20.4. The van der Waals surface area contributed by atoms with Crippen molar-refractivity contribution >= 4 is 5.91 Å². The third-order valence-electron chi connectivity index (χ3n) is 4.87. The Labute approximate surface area is 150 Å². The topological polar surface area (TPSA) is 109 Å². The molecule has 0 spiro atoms. The third kappa shape index (κ3) is 2.99. The smallest absolute Gasteiger partial charge is 0.251 e. The van der Waals surface area contributed by atoms with E-state index in [4.69, 9.17) is 0 Å². The minimum absolute atomic E-state index is 0.0872. The summed E-state index contributed by atoms with van der Waals surface area (Å²) in [5.41, 5.74) is 1.49. The lowest BCUT2D eigenvalue weighted by Gasteiger charge is -2.35. The number of benzene rings is 1. The van der Waals surface area contributed by atoms with Crippen LogP contribution in [-0.2, 0) is 13.7 Å². The number of aromatic nitrogens is 5. The number of aliphatic hydroxyl groups is 1. The van der Waals surface area contributed by atoms with Gasteiger partial charge in [-0.15, -0.1) is 10.2 Å². The third-order valence-corrected chi connectivity index (χ3v) is 4.87. The second kappa shape index (κ2) is 6.72. The van der Waals surface area contributed by atoms with Crippen LogP contribution in [-0.4, -0.2) is 41.8 Å². The molecular weight excluding hydrogens is 332 g/mol. The second-order valence-corrected chi connectivity index (χ2v) is 6.55. The van der Waals surface area contributed by atoms with Crippen molar-refractivity contribution in [3.05, 3.63) is 53.9 Å². The van der Waals surface area contributed by atoms with Crippen LogP contribution in [0.4, 0.5) is 0 Å². The van der Waals surface area contributed by atoms with Crippen LogP contribution in [0.15, 0.2) is 36.7 Å². The Morgan fingerprint density at radius 2 is 2.23 bits per heavy atom. The minimum Gasteiger partial charge on any atom is -0.388 e. The molecule has 1 saturated carbocycles. The Morgan fingerprint density at radius 3 is 2.92 bits per heavy atom. The van der Waals surface area contributed by atoms with Gasteiger partial charge in [-0.05, 0) is 25.0 Å². The molecule has 0 aliphatic heterocycles. The van der Waals surface area contributed by atoms with Crippen molar-refractivity contribution in [3.63, 3.8) is 0 Å². The van der Waals surface area contributed by atoms with E-state index >= 15 is 0 Å². The standard InChI is InChI=1S/C18H20N6O2/c1-24-15(10-25)22-23-17(24)13-8-14(9-13)21-18(26)12-4-2-3-11(7-12)16-19-5-6-20-16/h2-7,13-14,25H,8-10H2,1H3,(H,19,20)(H,21,26). The molecule has 1 aliphatic rings.